The van der Waals surface area contributed by atoms with Crippen LogP contribution < -0.4 is 0 Å². The predicted octanol–water partition coefficient (Wildman–Crippen LogP) is 3.66. The van der Waals surface area contributed by atoms with E-state index in [9.17, 15) is 9.18 Å². The van der Waals surface area contributed by atoms with E-state index in [0.29, 0.717) is 17.6 Å². The van der Waals surface area contributed by atoms with E-state index < -0.39 is 5.82 Å². The molecule has 1 heterocycles. The fraction of sp³-hybridized carbons (Fsp3) is 0. The van der Waals surface area contributed by atoms with E-state index in [1.54, 1.807) is 12.1 Å². The third kappa shape index (κ3) is 1.85. The molecule has 1 aromatic heterocycles. The van der Waals surface area contributed by atoms with Gasteiger partial charge in [0.2, 0.25) is 0 Å². The summed E-state index contributed by atoms with van der Waals surface area (Å²) in [5, 5.41) is 0. The van der Waals surface area contributed by atoms with Crippen LogP contribution in [-0.2, 0) is 0 Å². The average molecular weight is 269 g/mol. The number of halogens is 2. The SMILES string of the molecule is O=Cc1ccc(-c2occc2Br)cc1F. The number of hydrogen-bond donors (Lipinski definition) is 0. The van der Waals surface area contributed by atoms with Crippen molar-refractivity contribution in [3.05, 3.63) is 46.4 Å². The lowest BCUT2D eigenvalue weighted by Crippen LogP contribution is -1.87. The molecule has 0 unspecified atom stereocenters. The maximum absolute atomic E-state index is 13.3. The summed E-state index contributed by atoms with van der Waals surface area (Å²) in [6.45, 7) is 0. The van der Waals surface area contributed by atoms with Crippen molar-refractivity contribution in [2.45, 2.75) is 0 Å². The Morgan fingerprint density at radius 3 is 2.67 bits per heavy atom. The molecule has 0 aliphatic rings. The van der Waals surface area contributed by atoms with Crippen molar-refractivity contribution >= 4 is 22.2 Å². The lowest BCUT2D eigenvalue weighted by Gasteiger charge is -2.00. The van der Waals surface area contributed by atoms with Gasteiger partial charge in [-0.05, 0) is 34.1 Å². The van der Waals surface area contributed by atoms with Crippen LogP contribution in [0.3, 0.4) is 0 Å². The van der Waals surface area contributed by atoms with Crippen LogP contribution in [0, 0.1) is 5.82 Å². The highest BCUT2D eigenvalue weighted by molar-refractivity contribution is 9.10. The van der Waals surface area contributed by atoms with Gasteiger partial charge in [0.05, 0.1) is 16.3 Å². The van der Waals surface area contributed by atoms with Crippen molar-refractivity contribution in [3.8, 4) is 11.3 Å². The number of hydrogen-bond acceptors (Lipinski definition) is 2. The minimum absolute atomic E-state index is 0.0430. The maximum Gasteiger partial charge on any atom is 0.152 e. The van der Waals surface area contributed by atoms with Crippen LogP contribution in [0.4, 0.5) is 4.39 Å². The summed E-state index contributed by atoms with van der Waals surface area (Å²) in [6, 6.07) is 6.05. The van der Waals surface area contributed by atoms with Crippen LogP contribution in [0.2, 0.25) is 0 Å². The minimum atomic E-state index is -0.550. The Morgan fingerprint density at radius 1 is 1.33 bits per heavy atom. The second-order valence-electron chi connectivity index (χ2n) is 2.95. The number of aldehydes is 1. The molecule has 0 N–H and O–H groups in total. The Hall–Kier alpha value is -1.42. The molecule has 0 radical (unpaired) electrons. The van der Waals surface area contributed by atoms with E-state index in [-0.39, 0.29) is 5.56 Å². The van der Waals surface area contributed by atoms with E-state index >= 15 is 0 Å². The van der Waals surface area contributed by atoms with Crippen molar-refractivity contribution in [1.82, 2.24) is 0 Å². The number of rotatable bonds is 2. The lowest BCUT2D eigenvalue weighted by atomic mass is 10.1. The molecule has 2 nitrogen and oxygen atoms in total. The second-order valence-corrected chi connectivity index (χ2v) is 3.81. The topological polar surface area (TPSA) is 30.2 Å². The van der Waals surface area contributed by atoms with Gasteiger partial charge in [-0.3, -0.25) is 4.79 Å². The van der Waals surface area contributed by atoms with Gasteiger partial charge in [0.15, 0.2) is 6.29 Å². The second kappa shape index (κ2) is 3.98. The van der Waals surface area contributed by atoms with Crippen LogP contribution in [0.25, 0.3) is 11.3 Å². The summed E-state index contributed by atoms with van der Waals surface area (Å²) in [5.74, 6) is -0.00264. The number of benzene rings is 1. The summed E-state index contributed by atoms with van der Waals surface area (Å²) in [4.78, 5) is 10.4. The fourth-order valence-corrected chi connectivity index (χ4v) is 1.69. The van der Waals surface area contributed by atoms with E-state index in [4.69, 9.17) is 4.42 Å². The Balaban J connectivity index is 2.52. The first-order valence-corrected chi connectivity index (χ1v) is 5.00. The molecule has 0 fully saturated rings. The van der Waals surface area contributed by atoms with E-state index in [1.807, 2.05) is 0 Å². The Bertz CT molecular complexity index is 505. The van der Waals surface area contributed by atoms with Crippen LogP contribution in [0.1, 0.15) is 10.4 Å². The molecule has 76 valence electrons. The molecule has 2 rings (SSSR count). The fourth-order valence-electron chi connectivity index (χ4n) is 1.26. The smallest absolute Gasteiger partial charge is 0.152 e. The van der Waals surface area contributed by atoms with Gasteiger partial charge in [-0.25, -0.2) is 4.39 Å². The standard InChI is InChI=1S/C11H6BrFO2/c12-9-3-4-15-11(9)7-1-2-8(6-14)10(13)5-7/h1-6H. The summed E-state index contributed by atoms with van der Waals surface area (Å²) < 4.78 is 19.2. The molecule has 0 spiro atoms. The molecule has 0 saturated heterocycles. The summed E-state index contributed by atoms with van der Waals surface area (Å²) in [5.41, 5.74) is 0.636. The van der Waals surface area contributed by atoms with Gasteiger partial charge in [0.1, 0.15) is 11.6 Å². The number of furan rings is 1. The maximum atomic E-state index is 13.3. The molecule has 0 bridgehead atoms. The molecule has 0 amide bonds. The van der Waals surface area contributed by atoms with E-state index in [1.165, 1.54) is 18.4 Å². The Morgan fingerprint density at radius 2 is 2.13 bits per heavy atom. The van der Waals surface area contributed by atoms with E-state index in [2.05, 4.69) is 15.9 Å². The quantitative estimate of drug-likeness (QED) is 0.779. The molecule has 2 aromatic rings. The highest BCUT2D eigenvalue weighted by atomic mass is 79.9. The summed E-state index contributed by atoms with van der Waals surface area (Å²) in [6.07, 6.45) is 1.99. The third-order valence-electron chi connectivity index (χ3n) is 2.01. The van der Waals surface area contributed by atoms with Gasteiger partial charge in [-0.2, -0.15) is 0 Å². The van der Waals surface area contributed by atoms with Gasteiger partial charge in [0.25, 0.3) is 0 Å². The molecule has 0 aliphatic carbocycles. The van der Waals surface area contributed by atoms with Gasteiger partial charge >= 0.3 is 0 Å². The third-order valence-corrected chi connectivity index (χ3v) is 2.63. The molecule has 4 heteroatoms. The normalized spacial score (nSPS) is 10.3. The summed E-state index contributed by atoms with van der Waals surface area (Å²) in [7, 11) is 0. The molecule has 0 atom stereocenters. The minimum Gasteiger partial charge on any atom is -0.463 e. The first-order valence-electron chi connectivity index (χ1n) is 4.20. The van der Waals surface area contributed by atoms with Gasteiger partial charge in [0, 0.05) is 5.56 Å². The van der Waals surface area contributed by atoms with Crippen LogP contribution in [0.15, 0.2) is 39.4 Å². The van der Waals surface area contributed by atoms with E-state index in [0.717, 1.165) is 4.47 Å². The van der Waals surface area contributed by atoms with Gasteiger partial charge in [-0.1, -0.05) is 6.07 Å². The number of carbonyl (C=O) groups is 1. The lowest BCUT2D eigenvalue weighted by molar-refractivity contribution is 0.112. The molecule has 1 aromatic carbocycles. The van der Waals surface area contributed by atoms with Crippen molar-refractivity contribution in [1.29, 1.82) is 0 Å². The first-order chi connectivity index (χ1) is 7.22. The van der Waals surface area contributed by atoms with Crippen LogP contribution >= 0.6 is 15.9 Å². The number of carbonyl (C=O) groups excluding carboxylic acids is 1. The zero-order valence-electron chi connectivity index (χ0n) is 7.54. The van der Waals surface area contributed by atoms with Crippen molar-refractivity contribution in [3.63, 3.8) is 0 Å². The molecule has 0 aliphatic heterocycles. The van der Waals surface area contributed by atoms with Crippen LogP contribution in [0.5, 0.6) is 0 Å². The molecule has 15 heavy (non-hydrogen) atoms. The molecular formula is C11H6BrFO2. The molecular weight excluding hydrogens is 263 g/mol. The average Bonchev–Trinajstić information content (AvgIpc) is 2.64. The largest absolute Gasteiger partial charge is 0.463 e. The highest BCUT2D eigenvalue weighted by Crippen LogP contribution is 2.29. The van der Waals surface area contributed by atoms with Gasteiger partial charge < -0.3 is 4.42 Å². The van der Waals surface area contributed by atoms with Crippen LogP contribution in [-0.4, -0.2) is 6.29 Å². The Labute approximate surface area is 93.8 Å². The predicted molar refractivity (Wildman–Crippen MR) is 57.2 cm³/mol. The summed E-state index contributed by atoms with van der Waals surface area (Å²) >= 11 is 3.28. The Kier molecular flexibility index (Phi) is 2.68. The van der Waals surface area contributed by atoms with Crippen molar-refractivity contribution in [2.24, 2.45) is 0 Å². The molecule has 0 saturated carbocycles. The van der Waals surface area contributed by atoms with Crippen molar-refractivity contribution < 1.29 is 13.6 Å². The van der Waals surface area contributed by atoms with Gasteiger partial charge in [-0.15, -0.1) is 0 Å². The van der Waals surface area contributed by atoms with Crippen molar-refractivity contribution in [2.75, 3.05) is 0 Å². The zero-order valence-corrected chi connectivity index (χ0v) is 9.12. The monoisotopic (exact) mass is 268 g/mol. The highest BCUT2D eigenvalue weighted by Gasteiger charge is 2.09. The zero-order chi connectivity index (χ0) is 10.8. The first kappa shape index (κ1) is 10.1.